The molecule has 0 amide bonds. The Labute approximate surface area is 61.0 Å². The van der Waals surface area contributed by atoms with Crippen LogP contribution in [-0.2, 0) is 0 Å². The number of allylic oxidation sites excluding steroid dienone is 2. The molecule has 2 unspecified atom stereocenters. The third-order valence-electron chi connectivity index (χ3n) is 1.79. The van der Waals surface area contributed by atoms with E-state index in [9.17, 15) is 0 Å². The van der Waals surface area contributed by atoms with Crippen LogP contribution in [0.25, 0.3) is 0 Å². The fraction of sp³-hybridized carbons (Fsp3) is 0.500. The Balaban J connectivity index is 2.52. The first kappa shape index (κ1) is 7.35. The van der Waals surface area contributed by atoms with Gasteiger partial charge >= 0.3 is 0 Å². The van der Waals surface area contributed by atoms with Crippen molar-refractivity contribution in [3.05, 3.63) is 24.0 Å². The van der Waals surface area contributed by atoms with E-state index in [1.54, 1.807) is 12.2 Å². The summed E-state index contributed by atoms with van der Waals surface area (Å²) in [6.45, 7) is 1.98. The van der Waals surface area contributed by atoms with Crippen LogP contribution < -0.4 is 5.73 Å². The molecule has 0 radical (unpaired) electrons. The Bertz CT molecular complexity index is 170. The van der Waals surface area contributed by atoms with Gasteiger partial charge in [-0.05, 0) is 31.4 Å². The van der Waals surface area contributed by atoms with Gasteiger partial charge in [0, 0.05) is 6.04 Å². The van der Waals surface area contributed by atoms with E-state index in [4.69, 9.17) is 10.8 Å². The van der Waals surface area contributed by atoms with Gasteiger partial charge in [0.05, 0.1) is 0 Å². The number of hydrogen-bond donors (Lipinski definition) is 2. The van der Waals surface area contributed by atoms with Crippen molar-refractivity contribution in [2.24, 2.45) is 11.7 Å². The van der Waals surface area contributed by atoms with Crippen LogP contribution in [-0.4, -0.2) is 11.1 Å². The Hall–Kier alpha value is -0.760. The lowest BCUT2D eigenvalue weighted by atomic mass is 9.94. The van der Waals surface area contributed by atoms with Gasteiger partial charge in [0.1, 0.15) is 5.76 Å². The van der Waals surface area contributed by atoms with Crippen molar-refractivity contribution in [1.82, 2.24) is 0 Å². The fourth-order valence-corrected chi connectivity index (χ4v) is 1.02. The van der Waals surface area contributed by atoms with E-state index >= 15 is 0 Å². The Morgan fingerprint density at radius 2 is 2.50 bits per heavy atom. The second-order valence-electron chi connectivity index (χ2n) is 2.75. The number of aliphatic hydroxyl groups excluding tert-OH is 1. The fourth-order valence-electron chi connectivity index (χ4n) is 1.02. The van der Waals surface area contributed by atoms with Crippen molar-refractivity contribution in [3.8, 4) is 0 Å². The van der Waals surface area contributed by atoms with E-state index < -0.39 is 0 Å². The molecular formula is C8H13NO. The van der Waals surface area contributed by atoms with Crippen LogP contribution in [0.5, 0.6) is 0 Å². The quantitative estimate of drug-likeness (QED) is 0.576. The van der Waals surface area contributed by atoms with Crippen LogP contribution >= 0.6 is 0 Å². The van der Waals surface area contributed by atoms with Crippen LogP contribution in [0.15, 0.2) is 24.0 Å². The van der Waals surface area contributed by atoms with Gasteiger partial charge in [-0.3, -0.25) is 0 Å². The van der Waals surface area contributed by atoms with Gasteiger partial charge in [0.2, 0.25) is 0 Å². The first-order valence-corrected chi connectivity index (χ1v) is 3.53. The third kappa shape index (κ3) is 1.61. The lowest BCUT2D eigenvalue weighted by molar-refractivity contribution is 0.415. The van der Waals surface area contributed by atoms with Crippen molar-refractivity contribution >= 4 is 0 Å². The lowest BCUT2D eigenvalue weighted by Crippen LogP contribution is -2.25. The highest BCUT2D eigenvalue weighted by Gasteiger charge is 2.11. The first-order chi connectivity index (χ1) is 4.70. The van der Waals surface area contributed by atoms with Crippen LogP contribution in [0.3, 0.4) is 0 Å². The largest absolute Gasteiger partial charge is 0.508 e. The number of aliphatic hydroxyl groups is 1. The van der Waals surface area contributed by atoms with Gasteiger partial charge in [0.15, 0.2) is 0 Å². The van der Waals surface area contributed by atoms with Crippen LogP contribution in [0.2, 0.25) is 0 Å². The van der Waals surface area contributed by atoms with Gasteiger partial charge in [-0.1, -0.05) is 6.08 Å². The summed E-state index contributed by atoms with van der Waals surface area (Å²) < 4.78 is 0. The summed E-state index contributed by atoms with van der Waals surface area (Å²) in [5.41, 5.74) is 5.65. The van der Waals surface area contributed by atoms with Crippen LogP contribution in [0, 0.1) is 5.92 Å². The topological polar surface area (TPSA) is 46.2 Å². The van der Waals surface area contributed by atoms with Crippen LogP contribution in [0.1, 0.15) is 13.3 Å². The first-order valence-electron chi connectivity index (χ1n) is 3.53. The standard InChI is InChI=1S/C8H13NO/c1-6(9)7-2-4-8(10)5-3-7/h2,4-7,10H,3,9H2,1H3. The molecule has 2 nitrogen and oxygen atoms in total. The highest BCUT2D eigenvalue weighted by Crippen LogP contribution is 2.16. The highest BCUT2D eigenvalue weighted by molar-refractivity contribution is 5.17. The molecule has 0 aliphatic heterocycles. The number of nitrogens with two attached hydrogens (primary N) is 1. The predicted octanol–water partition coefficient (Wildman–Crippen LogP) is 1.35. The van der Waals surface area contributed by atoms with Gasteiger partial charge in [0.25, 0.3) is 0 Å². The molecule has 3 N–H and O–H groups in total. The Morgan fingerprint density at radius 3 is 2.90 bits per heavy atom. The monoisotopic (exact) mass is 139 g/mol. The van der Waals surface area contributed by atoms with Crippen molar-refractivity contribution < 1.29 is 5.11 Å². The van der Waals surface area contributed by atoms with Crippen molar-refractivity contribution in [2.75, 3.05) is 0 Å². The summed E-state index contributed by atoms with van der Waals surface area (Å²) in [6.07, 6.45) is 6.32. The minimum atomic E-state index is 0.181. The van der Waals surface area contributed by atoms with Gasteiger partial charge in [-0.25, -0.2) is 0 Å². The molecule has 0 saturated heterocycles. The average Bonchev–Trinajstić information content (AvgIpc) is 1.88. The van der Waals surface area contributed by atoms with E-state index in [0.29, 0.717) is 11.7 Å². The molecule has 1 aliphatic rings. The normalized spacial score (nSPS) is 27.8. The van der Waals surface area contributed by atoms with E-state index in [0.717, 1.165) is 6.42 Å². The van der Waals surface area contributed by atoms with E-state index in [1.807, 2.05) is 13.0 Å². The second-order valence-corrected chi connectivity index (χ2v) is 2.75. The molecule has 1 rings (SSSR count). The van der Waals surface area contributed by atoms with Crippen LogP contribution in [0.4, 0.5) is 0 Å². The van der Waals surface area contributed by atoms with E-state index in [2.05, 4.69) is 0 Å². The number of rotatable bonds is 1. The molecule has 0 spiro atoms. The van der Waals surface area contributed by atoms with Crippen molar-refractivity contribution in [3.63, 3.8) is 0 Å². The third-order valence-corrected chi connectivity index (χ3v) is 1.79. The van der Waals surface area contributed by atoms with E-state index in [-0.39, 0.29) is 6.04 Å². The SMILES string of the molecule is CC(N)C1C=CC(O)=CC1. The summed E-state index contributed by atoms with van der Waals surface area (Å²) in [5, 5.41) is 8.94. The van der Waals surface area contributed by atoms with Gasteiger partial charge in [-0.15, -0.1) is 0 Å². The molecule has 0 saturated carbocycles. The molecule has 2 heteroatoms. The molecule has 1 aliphatic carbocycles. The Kier molecular flexibility index (Phi) is 2.12. The summed E-state index contributed by atoms with van der Waals surface area (Å²) in [5.74, 6) is 0.757. The van der Waals surface area contributed by atoms with Gasteiger partial charge in [-0.2, -0.15) is 0 Å². The molecular weight excluding hydrogens is 126 g/mol. The Morgan fingerprint density at radius 1 is 1.80 bits per heavy atom. The molecule has 10 heavy (non-hydrogen) atoms. The molecule has 0 aromatic carbocycles. The zero-order valence-corrected chi connectivity index (χ0v) is 6.12. The molecule has 56 valence electrons. The maximum atomic E-state index is 8.94. The van der Waals surface area contributed by atoms with Crippen molar-refractivity contribution in [2.45, 2.75) is 19.4 Å². The maximum Gasteiger partial charge on any atom is 0.111 e. The van der Waals surface area contributed by atoms with Gasteiger partial charge < -0.3 is 10.8 Å². The zero-order chi connectivity index (χ0) is 7.56. The average molecular weight is 139 g/mol. The molecule has 0 aromatic heterocycles. The zero-order valence-electron chi connectivity index (χ0n) is 6.12. The summed E-state index contributed by atoms with van der Waals surface area (Å²) >= 11 is 0. The minimum Gasteiger partial charge on any atom is -0.508 e. The smallest absolute Gasteiger partial charge is 0.111 e. The molecule has 0 fully saturated rings. The second kappa shape index (κ2) is 2.88. The summed E-state index contributed by atoms with van der Waals surface area (Å²) in [4.78, 5) is 0. The molecule has 0 bridgehead atoms. The molecule has 0 heterocycles. The number of hydrogen-bond acceptors (Lipinski definition) is 2. The lowest BCUT2D eigenvalue weighted by Gasteiger charge is -2.17. The molecule has 2 atom stereocenters. The minimum absolute atomic E-state index is 0.181. The van der Waals surface area contributed by atoms with Crippen molar-refractivity contribution in [1.29, 1.82) is 0 Å². The summed E-state index contributed by atoms with van der Waals surface area (Å²) in [6, 6.07) is 0.181. The van der Waals surface area contributed by atoms with E-state index in [1.165, 1.54) is 0 Å². The highest BCUT2D eigenvalue weighted by atomic mass is 16.3. The molecule has 0 aromatic rings. The predicted molar refractivity (Wildman–Crippen MR) is 41.6 cm³/mol. The maximum absolute atomic E-state index is 8.94. The summed E-state index contributed by atoms with van der Waals surface area (Å²) in [7, 11) is 0.